The van der Waals surface area contributed by atoms with Crippen molar-refractivity contribution in [2.45, 2.75) is 6.42 Å². The predicted molar refractivity (Wildman–Crippen MR) is 97.1 cm³/mol. The summed E-state index contributed by atoms with van der Waals surface area (Å²) in [6, 6.07) is 10.9. The number of thiocarbonyl (C=S) groups is 1. The standard InChI is InChI=1S/C17H18FN3O3S/c1-23-14-8-3-11(15(10-14)24-2)9-16(22)20-21-17(25)19-13-6-4-12(18)5-7-13/h3-8,10H,9H2,1-2H3,(H,20,22)(H2,19,21,25). The molecule has 8 heteroatoms. The fourth-order valence-corrected chi connectivity index (χ4v) is 2.21. The van der Waals surface area contributed by atoms with Crippen molar-refractivity contribution >= 4 is 28.9 Å². The van der Waals surface area contributed by atoms with Gasteiger partial charge >= 0.3 is 0 Å². The minimum Gasteiger partial charge on any atom is -0.497 e. The van der Waals surface area contributed by atoms with Gasteiger partial charge in [0.1, 0.15) is 17.3 Å². The molecule has 0 radical (unpaired) electrons. The highest BCUT2D eigenvalue weighted by Crippen LogP contribution is 2.24. The Balaban J connectivity index is 1.86. The highest BCUT2D eigenvalue weighted by atomic mass is 32.1. The van der Waals surface area contributed by atoms with Gasteiger partial charge in [0.05, 0.1) is 20.6 Å². The molecule has 0 bridgehead atoms. The molecule has 132 valence electrons. The van der Waals surface area contributed by atoms with Gasteiger partial charge in [0.2, 0.25) is 5.91 Å². The van der Waals surface area contributed by atoms with Crippen molar-refractivity contribution in [3.05, 3.63) is 53.8 Å². The van der Waals surface area contributed by atoms with Crippen molar-refractivity contribution in [1.29, 1.82) is 0 Å². The van der Waals surface area contributed by atoms with Crippen molar-refractivity contribution in [3.63, 3.8) is 0 Å². The topological polar surface area (TPSA) is 71.6 Å². The fourth-order valence-electron chi connectivity index (χ4n) is 2.04. The lowest BCUT2D eigenvalue weighted by molar-refractivity contribution is -0.121. The molecule has 6 nitrogen and oxygen atoms in total. The second kappa shape index (κ2) is 8.84. The number of halogens is 1. The third kappa shape index (κ3) is 5.61. The number of hydrogen-bond donors (Lipinski definition) is 3. The summed E-state index contributed by atoms with van der Waals surface area (Å²) < 4.78 is 23.2. The maximum absolute atomic E-state index is 12.8. The number of hydrazine groups is 1. The van der Waals surface area contributed by atoms with Gasteiger partial charge in [0.15, 0.2) is 5.11 Å². The van der Waals surface area contributed by atoms with Crippen molar-refractivity contribution in [2.75, 3.05) is 19.5 Å². The first-order chi connectivity index (χ1) is 12.0. The number of amides is 1. The Morgan fingerprint density at radius 3 is 2.44 bits per heavy atom. The van der Waals surface area contributed by atoms with Crippen LogP contribution in [-0.4, -0.2) is 25.2 Å². The largest absolute Gasteiger partial charge is 0.497 e. The van der Waals surface area contributed by atoms with E-state index in [9.17, 15) is 9.18 Å². The average Bonchev–Trinajstić information content (AvgIpc) is 2.62. The number of ether oxygens (including phenoxy) is 2. The smallest absolute Gasteiger partial charge is 0.242 e. The molecule has 0 atom stereocenters. The van der Waals surface area contributed by atoms with Gasteiger partial charge in [-0.05, 0) is 42.5 Å². The molecule has 0 aliphatic carbocycles. The van der Waals surface area contributed by atoms with E-state index in [2.05, 4.69) is 16.2 Å². The number of carbonyl (C=O) groups excluding carboxylic acids is 1. The fraction of sp³-hybridized carbons (Fsp3) is 0.176. The lowest BCUT2D eigenvalue weighted by atomic mass is 10.1. The number of nitrogens with one attached hydrogen (secondary N) is 3. The third-order valence-electron chi connectivity index (χ3n) is 3.26. The van der Waals surface area contributed by atoms with E-state index in [1.165, 1.54) is 31.4 Å². The summed E-state index contributed by atoms with van der Waals surface area (Å²) in [4.78, 5) is 12.0. The Morgan fingerprint density at radius 2 is 1.80 bits per heavy atom. The Morgan fingerprint density at radius 1 is 1.08 bits per heavy atom. The highest BCUT2D eigenvalue weighted by molar-refractivity contribution is 7.80. The first-order valence-electron chi connectivity index (χ1n) is 7.34. The Bertz CT molecular complexity index is 753. The summed E-state index contributed by atoms with van der Waals surface area (Å²) in [6.07, 6.45) is 0.0966. The third-order valence-corrected chi connectivity index (χ3v) is 3.47. The van der Waals surface area contributed by atoms with Crippen molar-refractivity contribution in [3.8, 4) is 11.5 Å². The van der Waals surface area contributed by atoms with E-state index >= 15 is 0 Å². The lowest BCUT2D eigenvalue weighted by Crippen LogP contribution is -2.44. The molecular weight excluding hydrogens is 345 g/mol. The maximum Gasteiger partial charge on any atom is 0.242 e. The Hall–Kier alpha value is -2.87. The molecule has 0 aromatic heterocycles. The van der Waals surface area contributed by atoms with Gasteiger partial charge in [-0.1, -0.05) is 6.07 Å². The molecule has 0 saturated carbocycles. The first-order valence-corrected chi connectivity index (χ1v) is 7.75. The number of anilines is 1. The second-order valence-corrected chi connectivity index (χ2v) is 5.40. The van der Waals surface area contributed by atoms with Gasteiger partial charge in [0, 0.05) is 17.3 Å². The summed E-state index contributed by atoms with van der Waals surface area (Å²) in [7, 11) is 3.08. The summed E-state index contributed by atoms with van der Waals surface area (Å²) in [5.41, 5.74) is 6.39. The van der Waals surface area contributed by atoms with E-state index in [-0.39, 0.29) is 23.3 Å². The summed E-state index contributed by atoms with van der Waals surface area (Å²) in [6.45, 7) is 0. The van der Waals surface area contributed by atoms with E-state index in [1.54, 1.807) is 25.3 Å². The zero-order chi connectivity index (χ0) is 18.2. The molecule has 0 unspecified atom stereocenters. The minimum atomic E-state index is -0.342. The molecule has 2 aromatic rings. The molecule has 0 fully saturated rings. The van der Waals surface area contributed by atoms with Crippen molar-refractivity contribution in [1.82, 2.24) is 10.9 Å². The number of hydrogen-bond acceptors (Lipinski definition) is 4. The average molecular weight is 363 g/mol. The highest BCUT2D eigenvalue weighted by Gasteiger charge is 2.10. The van der Waals surface area contributed by atoms with Crippen LogP contribution in [0.5, 0.6) is 11.5 Å². The van der Waals surface area contributed by atoms with Crippen LogP contribution in [0.3, 0.4) is 0 Å². The molecule has 2 rings (SSSR count). The first kappa shape index (κ1) is 18.5. The molecule has 0 aliphatic heterocycles. The molecule has 0 aliphatic rings. The summed E-state index contributed by atoms with van der Waals surface area (Å²) in [5, 5.41) is 3.01. The molecule has 0 spiro atoms. The molecule has 25 heavy (non-hydrogen) atoms. The summed E-state index contributed by atoms with van der Waals surface area (Å²) in [5.74, 6) is 0.559. The van der Waals surface area contributed by atoms with Crippen molar-refractivity contribution in [2.24, 2.45) is 0 Å². The molecular formula is C17H18FN3O3S. The molecule has 0 heterocycles. The monoisotopic (exact) mass is 363 g/mol. The van der Waals surface area contributed by atoms with Gasteiger partial charge in [-0.3, -0.25) is 15.6 Å². The predicted octanol–water partition coefficient (Wildman–Crippen LogP) is 2.40. The van der Waals surface area contributed by atoms with E-state index in [1.807, 2.05) is 0 Å². The Labute approximate surface area is 150 Å². The SMILES string of the molecule is COc1ccc(CC(=O)NNC(=S)Nc2ccc(F)cc2)c(OC)c1. The summed E-state index contributed by atoms with van der Waals surface area (Å²) >= 11 is 5.06. The van der Waals surface area contributed by atoms with E-state index < -0.39 is 0 Å². The van der Waals surface area contributed by atoms with Crippen LogP contribution < -0.4 is 25.6 Å². The van der Waals surface area contributed by atoms with Gasteiger partial charge in [-0.25, -0.2) is 4.39 Å². The van der Waals surface area contributed by atoms with Gasteiger partial charge in [-0.15, -0.1) is 0 Å². The van der Waals surface area contributed by atoms with Gasteiger partial charge < -0.3 is 14.8 Å². The normalized spacial score (nSPS) is 9.88. The lowest BCUT2D eigenvalue weighted by Gasteiger charge is -2.13. The van der Waals surface area contributed by atoms with Crippen LogP contribution in [0, 0.1) is 5.82 Å². The molecule has 3 N–H and O–H groups in total. The number of methoxy groups -OCH3 is 2. The molecule has 2 aromatic carbocycles. The van der Waals surface area contributed by atoms with Gasteiger partial charge in [-0.2, -0.15) is 0 Å². The number of rotatable bonds is 5. The van der Waals surface area contributed by atoms with Crippen LogP contribution in [0.25, 0.3) is 0 Å². The number of benzene rings is 2. The maximum atomic E-state index is 12.8. The van der Waals surface area contributed by atoms with Crippen LogP contribution in [0.2, 0.25) is 0 Å². The number of carbonyl (C=O) groups is 1. The Kier molecular flexibility index (Phi) is 6.53. The quantitative estimate of drug-likeness (QED) is 0.560. The zero-order valence-electron chi connectivity index (χ0n) is 13.8. The van der Waals surface area contributed by atoms with Crippen LogP contribution in [-0.2, 0) is 11.2 Å². The van der Waals surface area contributed by atoms with Gasteiger partial charge in [0.25, 0.3) is 0 Å². The van der Waals surface area contributed by atoms with E-state index in [0.717, 1.165) is 0 Å². The van der Waals surface area contributed by atoms with E-state index in [4.69, 9.17) is 21.7 Å². The van der Waals surface area contributed by atoms with E-state index in [0.29, 0.717) is 22.7 Å². The van der Waals surface area contributed by atoms with Crippen LogP contribution >= 0.6 is 12.2 Å². The van der Waals surface area contributed by atoms with Crippen molar-refractivity contribution < 1.29 is 18.7 Å². The van der Waals surface area contributed by atoms with Crippen LogP contribution in [0.1, 0.15) is 5.56 Å². The molecule has 1 amide bonds. The van der Waals surface area contributed by atoms with Crippen LogP contribution in [0.15, 0.2) is 42.5 Å². The second-order valence-electron chi connectivity index (χ2n) is 4.99. The minimum absolute atomic E-state index is 0.0966. The molecule has 0 saturated heterocycles. The zero-order valence-corrected chi connectivity index (χ0v) is 14.6. The van der Waals surface area contributed by atoms with Crippen LogP contribution in [0.4, 0.5) is 10.1 Å².